The molecule has 1 N–H and O–H groups in total. The maximum absolute atomic E-state index is 15.0. The molecule has 2 aromatic heterocycles. The summed E-state index contributed by atoms with van der Waals surface area (Å²) in [6, 6.07) is 10.8. The number of hydrogen-bond donors (Lipinski definition) is 1. The first-order valence-corrected chi connectivity index (χ1v) is 13.0. The lowest BCUT2D eigenvalue weighted by molar-refractivity contribution is -0.185. The molecule has 0 aliphatic carbocycles. The number of nitrogens with one attached hydrogen (secondary N) is 1. The smallest absolute Gasteiger partial charge is 0.401 e. The van der Waals surface area contributed by atoms with Crippen molar-refractivity contribution in [3.63, 3.8) is 0 Å². The quantitative estimate of drug-likeness (QED) is 0.176. The minimum Gasteiger partial charge on any atom is -0.493 e. The lowest BCUT2D eigenvalue weighted by Gasteiger charge is -2.24. The van der Waals surface area contributed by atoms with Crippen LogP contribution >= 0.6 is 0 Å². The number of nitrogens with zero attached hydrogens (tertiary/aromatic N) is 2. The zero-order valence-corrected chi connectivity index (χ0v) is 23.4. The highest BCUT2D eigenvalue weighted by atomic mass is 19.4. The molecule has 0 radical (unpaired) electrons. The molecule has 2 heterocycles. The number of aromatic nitrogens is 2. The zero-order valence-electron chi connectivity index (χ0n) is 23.4. The topological polar surface area (TPSA) is 104 Å². The Labute approximate surface area is 239 Å². The van der Waals surface area contributed by atoms with E-state index in [4.69, 9.17) is 14.0 Å². The number of alkyl halides is 3. The molecule has 0 bridgehead atoms. The highest BCUT2D eigenvalue weighted by Gasteiger charge is 2.51. The average Bonchev–Trinajstić information content (AvgIpc) is 3.39. The van der Waals surface area contributed by atoms with Crippen LogP contribution in [0.2, 0.25) is 0 Å². The predicted octanol–water partition coefficient (Wildman–Crippen LogP) is 5.75. The first-order chi connectivity index (χ1) is 19.8. The molecule has 4 rings (SSSR count). The van der Waals surface area contributed by atoms with Crippen molar-refractivity contribution in [2.24, 2.45) is 0 Å². The fourth-order valence-electron chi connectivity index (χ4n) is 4.13. The maximum atomic E-state index is 15.0. The van der Waals surface area contributed by atoms with Crippen LogP contribution in [0, 0.1) is 5.82 Å². The second-order valence-electron chi connectivity index (χ2n) is 10.3. The molecule has 42 heavy (non-hydrogen) atoms. The molecule has 0 atom stereocenters. The van der Waals surface area contributed by atoms with Gasteiger partial charge in [0.15, 0.2) is 17.3 Å². The molecule has 0 aliphatic heterocycles. The third-order valence-electron chi connectivity index (χ3n) is 6.74. The number of carbonyl (C=O) groups is 2. The van der Waals surface area contributed by atoms with Gasteiger partial charge in [-0.2, -0.15) is 13.2 Å². The number of ketones is 1. The number of ether oxygens (including phenoxy) is 2. The molecule has 0 spiro atoms. The summed E-state index contributed by atoms with van der Waals surface area (Å²) in [6.45, 7) is 3.88. The Morgan fingerprint density at radius 1 is 1.00 bits per heavy atom. The van der Waals surface area contributed by atoms with Crippen molar-refractivity contribution in [1.82, 2.24) is 15.5 Å². The Balaban J connectivity index is 1.47. The number of methoxy groups -OCH3 is 1. The number of amides is 1. The number of rotatable bonds is 11. The number of benzene rings is 2. The molecule has 12 heteroatoms. The van der Waals surface area contributed by atoms with E-state index in [0.29, 0.717) is 40.1 Å². The van der Waals surface area contributed by atoms with E-state index in [1.807, 2.05) is 6.07 Å². The van der Waals surface area contributed by atoms with E-state index in [-0.39, 0.29) is 36.6 Å². The second-order valence-corrected chi connectivity index (χ2v) is 10.3. The van der Waals surface area contributed by atoms with Crippen LogP contribution in [0.15, 0.2) is 53.2 Å². The van der Waals surface area contributed by atoms with E-state index in [1.54, 1.807) is 24.4 Å². The minimum atomic E-state index is -4.56. The molecule has 8 nitrogen and oxygen atoms in total. The van der Waals surface area contributed by atoms with E-state index in [1.165, 1.54) is 26.2 Å². The number of hydrogen-bond acceptors (Lipinski definition) is 7. The molecule has 1 amide bonds. The number of halogens is 4. The van der Waals surface area contributed by atoms with Crippen molar-refractivity contribution in [3.8, 4) is 22.6 Å². The van der Waals surface area contributed by atoms with Gasteiger partial charge in [0.2, 0.25) is 5.91 Å². The van der Waals surface area contributed by atoms with Gasteiger partial charge in [-0.25, -0.2) is 4.39 Å². The standard InChI is InChI=1S/C30H29F4N3O5/c1-17(38)35-7-8-41-27-12-20-9-21(16-36-25(20)15-26(27)40-4)18-5-6-19(24(31)11-18)10-23(39)13-22-14-28(42-37-22)29(2,3)30(32,33)34/h5-6,9,11-12,14-16H,7-8,10,13H2,1-4H3,(H,35,38). The molecule has 0 saturated carbocycles. The van der Waals surface area contributed by atoms with Gasteiger partial charge in [0.1, 0.15) is 23.6 Å². The highest BCUT2D eigenvalue weighted by Crippen LogP contribution is 2.40. The summed E-state index contributed by atoms with van der Waals surface area (Å²) < 4.78 is 70.8. The van der Waals surface area contributed by atoms with Crippen molar-refractivity contribution in [2.45, 2.75) is 45.2 Å². The molecule has 4 aromatic rings. The van der Waals surface area contributed by atoms with Crippen LogP contribution in [0.5, 0.6) is 11.5 Å². The first kappa shape index (κ1) is 30.5. The van der Waals surface area contributed by atoms with E-state index in [2.05, 4.69) is 15.5 Å². The first-order valence-electron chi connectivity index (χ1n) is 13.0. The molecule has 0 fully saturated rings. The summed E-state index contributed by atoms with van der Waals surface area (Å²) in [4.78, 5) is 28.1. The van der Waals surface area contributed by atoms with Crippen molar-refractivity contribution >= 4 is 22.6 Å². The van der Waals surface area contributed by atoms with Crippen molar-refractivity contribution in [2.75, 3.05) is 20.3 Å². The van der Waals surface area contributed by atoms with Crippen LogP contribution in [-0.2, 0) is 27.8 Å². The van der Waals surface area contributed by atoms with Gasteiger partial charge in [-0.15, -0.1) is 0 Å². The fourth-order valence-corrected chi connectivity index (χ4v) is 4.13. The van der Waals surface area contributed by atoms with Crippen molar-refractivity contribution in [1.29, 1.82) is 0 Å². The Hall–Kier alpha value is -4.48. The average molecular weight is 588 g/mol. The monoisotopic (exact) mass is 587 g/mol. The zero-order chi connectivity index (χ0) is 30.7. The number of carbonyl (C=O) groups excluding carboxylic acids is 2. The van der Waals surface area contributed by atoms with E-state index in [9.17, 15) is 22.8 Å². The lowest BCUT2D eigenvalue weighted by atomic mass is 9.89. The molecule has 0 aliphatic rings. The largest absolute Gasteiger partial charge is 0.493 e. The Morgan fingerprint density at radius 2 is 1.76 bits per heavy atom. The third kappa shape index (κ3) is 6.87. The van der Waals surface area contributed by atoms with Crippen LogP contribution in [0.3, 0.4) is 0 Å². The summed E-state index contributed by atoms with van der Waals surface area (Å²) in [7, 11) is 1.50. The Kier molecular flexibility index (Phi) is 8.83. The van der Waals surface area contributed by atoms with Gasteiger partial charge in [-0.1, -0.05) is 17.3 Å². The Bertz CT molecular complexity index is 1610. The molecule has 0 unspecified atom stereocenters. The lowest BCUT2D eigenvalue weighted by Crippen LogP contribution is -2.35. The number of pyridine rings is 1. The molecule has 2 aromatic carbocycles. The second kappa shape index (κ2) is 12.2. The number of fused-ring (bicyclic) bond motifs is 1. The van der Waals surface area contributed by atoms with Crippen molar-refractivity contribution in [3.05, 3.63) is 71.5 Å². The van der Waals surface area contributed by atoms with Gasteiger partial charge in [-0.05, 0) is 43.2 Å². The molecular formula is C30H29F4N3O5. The van der Waals surface area contributed by atoms with E-state index >= 15 is 4.39 Å². The molecular weight excluding hydrogens is 558 g/mol. The third-order valence-corrected chi connectivity index (χ3v) is 6.74. The van der Waals surface area contributed by atoms with Crippen LogP contribution < -0.4 is 14.8 Å². The Morgan fingerprint density at radius 3 is 2.43 bits per heavy atom. The van der Waals surface area contributed by atoms with Gasteiger partial charge >= 0.3 is 6.18 Å². The minimum absolute atomic E-state index is 0.0432. The van der Waals surface area contributed by atoms with Gasteiger partial charge < -0.3 is 19.3 Å². The maximum Gasteiger partial charge on any atom is 0.401 e. The summed E-state index contributed by atoms with van der Waals surface area (Å²) in [5, 5.41) is 6.95. The normalized spacial score (nSPS) is 11.9. The van der Waals surface area contributed by atoms with E-state index in [0.717, 1.165) is 19.9 Å². The van der Waals surface area contributed by atoms with Gasteiger partial charge in [0.05, 0.1) is 31.3 Å². The van der Waals surface area contributed by atoms with Crippen LogP contribution in [0.4, 0.5) is 17.6 Å². The summed E-state index contributed by atoms with van der Waals surface area (Å²) in [6.07, 6.45) is -3.54. The van der Waals surface area contributed by atoms with Crippen LogP contribution in [-0.4, -0.2) is 48.3 Å². The highest BCUT2D eigenvalue weighted by molar-refractivity contribution is 5.87. The summed E-state index contributed by atoms with van der Waals surface area (Å²) >= 11 is 0. The fraction of sp³-hybridized carbons (Fsp3) is 0.333. The van der Waals surface area contributed by atoms with Crippen LogP contribution in [0.25, 0.3) is 22.0 Å². The van der Waals surface area contributed by atoms with Crippen molar-refractivity contribution < 1.29 is 41.1 Å². The molecule has 222 valence electrons. The van der Waals surface area contributed by atoms with Gasteiger partial charge in [0.25, 0.3) is 0 Å². The summed E-state index contributed by atoms with van der Waals surface area (Å²) in [5.41, 5.74) is -0.316. The molecule has 0 saturated heterocycles. The van der Waals surface area contributed by atoms with Gasteiger partial charge in [-0.3, -0.25) is 14.6 Å². The summed E-state index contributed by atoms with van der Waals surface area (Å²) in [5.74, 6) is -0.694. The predicted molar refractivity (Wildman–Crippen MR) is 146 cm³/mol. The van der Waals surface area contributed by atoms with Crippen LogP contribution in [0.1, 0.15) is 37.8 Å². The SMILES string of the molecule is COc1cc2ncc(-c3ccc(CC(=O)Cc4cc(C(C)(C)C(F)(F)F)on4)c(F)c3)cc2cc1OCCNC(C)=O. The van der Waals surface area contributed by atoms with E-state index < -0.39 is 29.0 Å². The number of Topliss-reactive ketones (excluding diaryl/α,β-unsaturated/α-hetero) is 1. The van der Waals surface area contributed by atoms with Gasteiger partial charge in [0, 0.05) is 42.6 Å².